The highest BCUT2D eigenvalue weighted by atomic mass is 35.5. The van der Waals surface area contributed by atoms with Gasteiger partial charge >= 0.3 is 5.97 Å². The van der Waals surface area contributed by atoms with Crippen molar-refractivity contribution in [3.8, 4) is 0 Å². The molecule has 0 spiro atoms. The molecule has 172 valence electrons. The number of aromatic nitrogens is 1. The van der Waals surface area contributed by atoms with Crippen molar-refractivity contribution in [2.45, 2.75) is 62.8 Å². The molecule has 0 amide bonds. The summed E-state index contributed by atoms with van der Waals surface area (Å²) in [4.78, 5) is 11.6. The summed E-state index contributed by atoms with van der Waals surface area (Å²) in [6.45, 7) is 3.83. The van der Waals surface area contributed by atoms with E-state index in [1.165, 1.54) is 6.26 Å². The van der Waals surface area contributed by atoms with Crippen molar-refractivity contribution in [1.82, 2.24) is 4.57 Å². The number of carboxylic acids is 1. The minimum atomic E-state index is -3.44. The Kier molecular flexibility index (Phi) is 5.80. The first kappa shape index (κ1) is 23.1. The number of carboxylic acid groups (broad SMARTS) is 1. The van der Waals surface area contributed by atoms with Crippen molar-refractivity contribution in [2.75, 3.05) is 6.26 Å². The molecule has 0 bridgehead atoms. The first-order valence-electron chi connectivity index (χ1n) is 10.7. The molecule has 32 heavy (non-hydrogen) atoms. The van der Waals surface area contributed by atoms with Gasteiger partial charge < -0.3 is 14.8 Å². The van der Waals surface area contributed by atoms with Gasteiger partial charge in [0.1, 0.15) is 0 Å². The number of aliphatic hydroxyl groups is 1. The lowest BCUT2D eigenvalue weighted by Crippen LogP contribution is -2.39. The third-order valence-corrected chi connectivity index (χ3v) is 9.09. The quantitative estimate of drug-likeness (QED) is 0.659. The molecule has 8 heteroatoms. The molecule has 1 aromatic carbocycles. The van der Waals surface area contributed by atoms with Crippen molar-refractivity contribution < 1.29 is 23.4 Å². The first-order valence-corrected chi connectivity index (χ1v) is 13.0. The SMILES string of the molecule is CC(O)C1=CC(C)(S(C)(=O)=O)Cc2c3c(n(Cc4ccc(Cl)cc4)c21)C(CC(=O)O)CC3. The molecule has 0 aliphatic heterocycles. The van der Waals surface area contributed by atoms with Gasteiger partial charge in [-0.05, 0) is 61.9 Å². The van der Waals surface area contributed by atoms with E-state index in [9.17, 15) is 23.4 Å². The Balaban J connectivity index is 1.95. The van der Waals surface area contributed by atoms with Gasteiger partial charge in [-0.15, -0.1) is 0 Å². The van der Waals surface area contributed by atoms with Crippen LogP contribution in [0.2, 0.25) is 5.02 Å². The molecule has 1 aromatic heterocycles. The Morgan fingerprint density at radius 3 is 2.50 bits per heavy atom. The number of aliphatic hydroxyl groups excluding tert-OH is 1. The van der Waals surface area contributed by atoms with Gasteiger partial charge in [-0.25, -0.2) is 8.42 Å². The van der Waals surface area contributed by atoms with Crippen LogP contribution in [0.1, 0.15) is 60.7 Å². The summed E-state index contributed by atoms with van der Waals surface area (Å²) in [5.41, 5.74) is 5.33. The standard InChI is InChI=1S/C24H28ClNO5S/c1-14(27)19-11-24(2,32(3,30)31)12-20-18-9-6-16(10-21(28)29)22(18)26(23(19)20)13-15-4-7-17(25)8-5-15/h4-5,7-8,11,14,16,27H,6,9-10,12-13H2,1-3H3,(H,28,29). The molecule has 3 atom stereocenters. The largest absolute Gasteiger partial charge is 0.481 e. The van der Waals surface area contributed by atoms with Crippen LogP contribution in [0.5, 0.6) is 0 Å². The van der Waals surface area contributed by atoms with Crippen molar-refractivity contribution in [2.24, 2.45) is 0 Å². The Labute approximate surface area is 193 Å². The predicted octanol–water partition coefficient (Wildman–Crippen LogP) is 3.82. The predicted molar refractivity (Wildman–Crippen MR) is 125 cm³/mol. The number of hydrogen-bond donors (Lipinski definition) is 2. The molecule has 4 rings (SSSR count). The molecule has 1 heterocycles. The second-order valence-electron chi connectivity index (χ2n) is 9.27. The zero-order valence-electron chi connectivity index (χ0n) is 18.4. The molecule has 2 N–H and O–H groups in total. The number of benzene rings is 1. The summed E-state index contributed by atoms with van der Waals surface area (Å²) in [5, 5.41) is 20.8. The minimum absolute atomic E-state index is 0.0214. The van der Waals surface area contributed by atoms with Crippen molar-refractivity contribution >= 4 is 33.0 Å². The summed E-state index contributed by atoms with van der Waals surface area (Å²) in [5.74, 6) is -1.01. The number of halogens is 1. The van der Waals surface area contributed by atoms with E-state index >= 15 is 0 Å². The summed E-state index contributed by atoms with van der Waals surface area (Å²) in [7, 11) is -3.44. The number of carbonyl (C=O) groups is 1. The molecule has 0 saturated carbocycles. The van der Waals surface area contributed by atoms with Crippen LogP contribution in [0.25, 0.3) is 5.57 Å². The van der Waals surface area contributed by atoms with E-state index in [0.29, 0.717) is 36.4 Å². The highest BCUT2D eigenvalue weighted by molar-refractivity contribution is 7.92. The van der Waals surface area contributed by atoms with Gasteiger partial charge in [0.05, 0.1) is 23.0 Å². The lowest BCUT2D eigenvalue weighted by molar-refractivity contribution is -0.137. The number of fused-ring (bicyclic) bond motifs is 3. The lowest BCUT2D eigenvalue weighted by Gasteiger charge is -2.33. The van der Waals surface area contributed by atoms with Crippen LogP contribution in [0.15, 0.2) is 30.3 Å². The third kappa shape index (κ3) is 3.91. The maximum atomic E-state index is 12.7. The van der Waals surface area contributed by atoms with E-state index in [-0.39, 0.29) is 12.3 Å². The van der Waals surface area contributed by atoms with Gasteiger partial charge in [-0.3, -0.25) is 4.79 Å². The third-order valence-electron chi connectivity index (χ3n) is 6.88. The monoisotopic (exact) mass is 477 g/mol. The average Bonchev–Trinajstić information content (AvgIpc) is 3.21. The van der Waals surface area contributed by atoms with Crippen LogP contribution in [-0.2, 0) is 34.0 Å². The van der Waals surface area contributed by atoms with Crippen LogP contribution >= 0.6 is 11.6 Å². The molecule has 3 unspecified atom stereocenters. The van der Waals surface area contributed by atoms with E-state index in [0.717, 1.165) is 28.1 Å². The molecule has 0 fully saturated rings. The number of sulfone groups is 1. The van der Waals surface area contributed by atoms with Crippen LogP contribution in [0.4, 0.5) is 0 Å². The number of rotatable bonds is 6. The normalized spacial score (nSPS) is 23.4. The van der Waals surface area contributed by atoms with Gasteiger partial charge in [0, 0.05) is 35.0 Å². The van der Waals surface area contributed by atoms with Crippen molar-refractivity contribution in [3.63, 3.8) is 0 Å². The van der Waals surface area contributed by atoms with E-state index in [1.54, 1.807) is 19.9 Å². The van der Waals surface area contributed by atoms with Crippen molar-refractivity contribution in [3.05, 3.63) is 63.4 Å². The molecule has 2 aliphatic rings. The van der Waals surface area contributed by atoms with Gasteiger partial charge in [-0.1, -0.05) is 29.8 Å². The Morgan fingerprint density at radius 1 is 1.28 bits per heavy atom. The molecule has 6 nitrogen and oxygen atoms in total. The van der Waals surface area contributed by atoms with Gasteiger partial charge in [0.15, 0.2) is 9.84 Å². The van der Waals surface area contributed by atoms with Gasteiger partial charge in [-0.2, -0.15) is 0 Å². The molecule has 0 saturated heterocycles. The topological polar surface area (TPSA) is 96.6 Å². The highest BCUT2D eigenvalue weighted by Crippen LogP contribution is 2.48. The Hall–Kier alpha value is -2.09. The summed E-state index contributed by atoms with van der Waals surface area (Å²) in [6.07, 6.45) is 3.80. The summed E-state index contributed by atoms with van der Waals surface area (Å²) in [6, 6.07) is 7.48. The van der Waals surface area contributed by atoms with E-state index in [4.69, 9.17) is 11.6 Å². The fourth-order valence-electron chi connectivity index (χ4n) is 5.17. The smallest absolute Gasteiger partial charge is 0.304 e. The van der Waals surface area contributed by atoms with Crippen LogP contribution in [-0.4, -0.2) is 46.3 Å². The van der Waals surface area contributed by atoms with Gasteiger partial charge in [0.2, 0.25) is 0 Å². The lowest BCUT2D eigenvalue weighted by atomic mass is 9.85. The zero-order valence-corrected chi connectivity index (χ0v) is 20.0. The van der Waals surface area contributed by atoms with Crippen molar-refractivity contribution in [1.29, 1.82) is 0 Å². The molecular formula is C24H28ClNO5S. The van der Waals surface area contributed by atoms with E-state index < -0.39 is 26.7 Å². The molecule has 2 aromatic rings. The zero-order chi connectivity index (χ0) is 23.4. The Bertz CT molecular complexity index is 1210. The minimum Gasteiger partial charge on any atom is -0.481 e. The second-order valence-corrected chi connectivity index (χ2v) is 12.2. The summed E-state index contributed by atoms with van der Waals surface area (Å²) >= 11 is 6.05. The van der Waals surface area contributed by atoms with Crippen LogP contribution in [0.3, 0.4) is 0 Å². The van der Waals surface area contributed by atoms with Crippen LogP contribution in [0, 0.1) is 0 Å². The number of nitrogens with zero attached hydrogens (tertiary/aromatic N) is 1. The maximum absolute atomic E-state index is 12.7. The number of aliphatic carboxylic acids is 1. The Morgan fingerprint density at radius 2 is 1.94 bits per heavy atom. The molecule has 0 radical (unpaired) electrons. The van der Waals surface area contributed by atoms with E-state index in [2.05, 4.69) is 4.57 Å². The van der Waals surface area contributed by atoms with Crippen LogP contribution < -0.4 is 0 Å². The fourth-order valence-corrected chi connectivity index (χ4v) is 6.04. The summed E-state index contributed by atoms with van der Waals surface area (Å²) < 4.78 is 26.4. The fraction of sp³-hybridized carbons (Fsp3) is 0.458. The van der Waals surface area contributed by atoms with E-state index in [1.807, 2.05) is 24.3 Å². The van der Waals surface area contributed by atoms with Gasteiger partial charge in [0.25, 0.3) is 0 Å². The average molecular weight is 478 g/mol. The highest BCUT2D eigenvalue weighted by Gasteiger charge is 2.44. The maximum Gasteiger partial charge on any atom is 0.304 e. The number of hydrogen-bond acceptors (Lipinski definition) is 4. The first-order chi connectivity index (χ1) is 14.9. The molecule has 2 aliphatic carbocycles. The second kappa shape index (κ2) is 8.04. The molecular weight excluding hydrogens is 450 g/mol.